The smallest absolute Gasteiger partial charge is 0.349 e. The van der Waals surface area contributed by atoms with Gasteiger partial charge < -0.3 is 14.4 Å². The van der Waals surface area contributed by atoms with Crippen molar-refractivity contribution in [3.63, 3.8) is 0 Å². The number of halogens is 2. The van der Waals surface area contributed by atoms with E-state index in [9.17, 15) is 4.79 Å². The zero-order chi connectivity index (χ0) is 21.2. The van der Waals surface area contributed by atoms with Crippen LogP contribution in [-0.2, 0) is 9.53 Å². The van der Waals surface area contributed by atoms with Gasteiger partial charge in [-0.1, -0.05) is 29.3 Å². The first-order valence-corrected chi connectivity index (χ1v) is 9.92. The second-order valence-corrected chi connectivity index (χ2v) is 7.82. The molecule has 2 aromatic carbocycles. The summed E-state index contributed by atoms with van der Waals surface area (Å²) in [5, 5.41) is 2.76. The van der Waals surface area contributed by atoms with E-state index in [0.717, 1.165) is 16.5 Å². The number of aromatic nitrogens is 1. The number of rotatable bonds is 6. The van der Waals surface area contributed by atoms with Gasteiger partial charge in [0.1, 0.15) is 16.7 Å². The Balaban J connectivity index is 1.82. The summed E-state index contributed by atoms with van der Waals surface area (Å²) in [6.45, 7) is 5.43. The van der Waals surface area contributed by atoms with Crippen molar-refractivity contribution < 1.29 is 14.3 Å². The molecule has 152 valence electrons. The molecular formula is C22H22Cl2N2O3. The summed E-state index contributed by atoms with van der Waals surface area (Å²) in [6.07, 6.45) is 0. The molecule has 1 heterocycles. The Hall–Kier alpha value is -2.50. The number of hydrogen-bond acceptors (Lipinski definition) is 5. The van der Waals surface area contributed by atoms with Gasteiger partial charge in [-0.05, 0) is 68.6 Å². The highest BCUT2D eigenvalue weighted by atomic mass is 35.5. The van der Waals surface area contributed by atoms with E-state index in [4.69, 9.17) is 32.7 Å². The van der Waals surface area contributed by atoms with Crippen molar-refractivity contribution in [2.24, 2.45) is 0 Å². The van der Waals surface area contributed by atoms with Crippen LogP contribution in [0.4, 0.5) is 11.5 Å². The van der Waals surface area contributed by atoms with Crippen molar-refractivity contribution in [1.82, 2.24) is 4.98 Å². The fourth-order valence-corrected chi connectivity index (χ4v) is 3.27. The lowest BCUT2D eigenvalue weighted by molar-refractivity contribution is -0.158. The molecule has 3 aromatic rings. The highest BCUT2D eigenvalue weighted by Gasteiger charge is 2.31. The van der Waals surface area contributed by atoms with Crippen molar-refractivity contribution in [1.29, 1.82) is 0 Å². The molecule has 5 nitrogen and oxygen atoms in total. The van der Waals surface area contributed by atoms with Crippen LogP contribution in [0.2, 0.25) is 10.2 Å². The number of carbonyl (C=O) groups excluding carboxylic acids is 1. The first-order valence-electron chi connectivity index (χ1n) is 9.17. The molecule has 0 radical (unpaired) electrons. The minimum absolute atomic E-state index is 0.308. The lowest BCUT2D eigenvalue weighted by Crippen LogP contribution is -2.39. The molecule has 0 fully saturated rings. The summed E-state index contributed by atoms with van der Waals surface area (Å²) in [5.74, 6) is 0.862. The summed E-state index contributed by atoms with van der Waals surface area (Å²) in [7, 11) is 1.90. The highest BCUT2D eigenvalue weighted by Crippen LogP contribution is 2.32. The monoisotopic (exact) mass is 432 g/mol. The number of ether oxygens (including phenoxy) is 2. The zero-order valence-corrected chi connectivity index (χ0v) is 18.2. The van der Waals surface area contributed by atoms with Gasteiger partial charge in [0.15, 0.2) is 5.60 Å². The molecule has 0 aliphatic heterocycles. The number of anilines is 2. The van der Waals surface area contributed by atoms with Crippen LogP contribution in [0.25, 0.3) is 10.8 Å². The Morgan fingerprint density at radius 3 is 2.45 bits per heavy atom. The van der Waals surface area contributed by atoms with Gasteiger partial charge in [-0.3, -0.25) is 0 Å². The molecule has 0 spiro atoms. The van der Waals surface area contributed by atoms with E-state index < -0.39 is 11.6 Å². The third-order valence-corrected chi connectivity index (χ3v) is 4.97. The molecule has 0 amide bonds. The first kappa shape index (κ1) is 21.2. The van der Waals surface area contributed by atoms with Crippen molar-refractivity contribution >= 4 is 51.4 Å². The van der Waals surface area contributed by atoms with Crippen LogP contribution in [0.1, 0.15) is 20.8 Å². The number of nitrogens with zero attached hydrogens (tertiary/aromatic N) is 2. The lowest BCUT2D eigenvalue weighted by atomic mass is 10.1. The van der Waals surface area contributed by atoms with E-state index in [1.165, 1.54) is 0 Å². The summed E-state index contributed by atoms with van der Waals surface area (Å²) >= 11 is 12.4. The van der Waals surface area contributed by atoms with Crippen LogP contribution >= 0.6 is 23.2 Å². The summed E-state index contributed by atoms with van der Waals surface area (Å²) in [6, 6.07) is 14.9. The Morgan fingerprint density at radius 1 is 1.10 bits per heavy atom. The lowest BCUT2D eigenvalue weighted by Gasteiger charge is -2.25. The quantitative estimate of drug-likeness (QED) is 0.351. The summed E-state index contributed by atoms with van der Waals surface area (Å²) in [5.41, 5.74) is -0.179. The van der Waals surface area contributed by atoms with Gasteiger partial charge in [-0.25, -0.2) is 9.78 Å². The van der Waals surface area contributed by atoms with Gasteiger partial charge in [-0.15, -0.1) is 0 Å². The third kappa shape index (κ3) is 4.74. The van der Waals surface area contributed by atoms with Gasteiger partial charge in [-0.2, -0.15) is 0 Å². The summed E-state index contributed by atoms with van der Waals surface area (Å²) < 4.78 is 10.9. The number of hydrogen-bond donors (Lipinski definition) is 0. The molecule has 0 aliphatic rings. The van der Waals surface area contributed by atoms with Crippen LogP contribution in [0.5, 0.6) is 5.75 Å². The second-order valence-electron chi connectivity index (χ2n) is 7.02. The van der Waals surface area contributed by atoms with Gasteiger partial charge in [0.05, 0.1) is 6.61 Å². The average Bonchev–Trinajstić information content (AvgIpc) is 2.68. The molecule has 7 heteroatoms. The Morgan fingerprint density at radius 2 is 1.79 bits per heavy atom. The van der Waals surface area contributed by atoms with Crippen LogP contribution in [0.3, 0.4) is 0 Å². The number of carbonyl (C=O) groups is 1. The Bertz CT molecular complexity index is 1040. The standard InChI is InChI=1S/C22H22Cl2N2O3/c1-5-28-21(27)22(2,3)29-17-10-8-16(9-11-17)26(4)19-12-14-6-7-15(23)13-18(14)20(24)25-19/h6-13H,5H2,1-4H3. The van der Waals surface area contributed by atoms with Crippen molar-refractivity contribution in [2.45, 2.75) is 26.4 Å². The van der Waals surface area contributed by atoms with Gasteiger partial charge in [0.2, 0.25) is 0 Å². The topological polar surface area (TPSA) is 51.7 Å². The number of pyridine rings is 1. The van der Waals surface area contributed by atoms with Crippen LogP contribution < -0.4 is 9.64 Å². The molecule has 0 N–H and O–H groups in total. The summed E-state index contributed by atoms with van der Waals surface area (Å²) in [4.78, 5) is 18.4. The van der Waals surface area contributed by atoms with E-state index in [0.29, 0.717) is 28.3 Å². The fraction of sp³-hybridized carbons (Fsp3) is 0.273. The van der Waals surface area contributed by atoms with E-state index in [1.807, 2.05) is 42.3 Å². The molecule has 0 unspecified atom stereocenters. The fourth-order valence-electron chi connectivity index (χ4n) is 2.85. The second kappa shape index (κ2) is 8.47. The first-order chi connectivity index (χ1) is 13.7. The predicted octanol–water partition coefficient (Wildman–Crippen LogP) is 6.03. The minimum atomic E-state index is -1.07. The third-order valence-electron chi connectivity index (χ3n) is 4.44. The maximum absolute atomic E-state index is 12.0. The zero-order valence-electron chi connectivity index (χ0n) is 16.7. The maximum Gasteiger partial charge on any atom is 0.349 e. The molecule has 0 bridgehead atoms. The van der Waals surface area contributed by atoms with E-state index >= 15 is 0 Å². The van der Waals surface area contributed by atoms with Crippen molar-refractivity contribution in [3.05, 3.63) is 58.7 Å². The van der Waals surface area contributed by atoms with Crippen molar-refractivity contribution in [2.75, 3.05) is 18.6 Å². The molecule has 0 aliphatic carbocycles. The Labute approximate surface area is 180 Å². The number of esters is 1. The SMILES string of the molecule is CCOC(=O)C(C)(C)Oc1ccc(N(C)c2cc3ccc(Cl)cc3c(Cl)n2)cc1. The number of fused-ring (bicyclic) bond motifs is 1. The predicted molar refractivity (Wildman–Crippen MR) is 118 cm³/mol. The Kier molecular flexibility index (Phi) is 6.20. The van der Waals surface area contributed by atoms with E-state index in [2.05, 4.69) is 4.98 Å². The molecule has 3 rings (SSSR count). The van der Waals surface area contributed by atoms with E-state index in [1.54, 1.807) is 39.0 Å². The molecule has 1 aromatic heterocycles. The van der Waals surface area contributed by atoms with Crippen LogP contribution in [-0.4, -0.2) is 30.2 Å². The number of benzene rings is 2. The van der Waals surface area contributed by atoms with Gasteiger partial charge >= 0.3 is 5.97 Å². The maximum atomic E-state index is 12.0. The molecule has 0 saturated carbocycles. The highest BCUT2D eigenvalue weighted by molar-refractivity contribution is 6.36. The normalized spacial score (nSPS) is 11.4. The van der Waals surface area contributed by atoms with Gasteiger partial charge in [0, 0.05) is 23.1 Å². The van der Waals surface area contributed by atoms with Crippen molar-refractivity contribution in [3.8, 4) is 5.75 Å². The molecule has 0 saturated heterocycles. The molecule has 0 atom stereocenters. The van der Waals surface area contributed by atoms with Crippen LogP contribution in [0, 0.1) is 0 Å². The minimum Gasteiger partial charge on any atom is -0.476 e. The molecular weight excluding hydrogens is 411 g/mol. The van der Waals surface area contributed by atoms with Crippen LogP contribution in [0.15, 0.2) is 48.5 Å². The van der Waals surface area contributed by atoms with E-state index in [-0.39, 0.29) is 0 Å². The largest absolute Gasteiger partial charge is 0.476 e. The molecule has 29 heavy (non-hydrogen) atoms. The van der Waals surface area contributed by atoms with Gasteiger partial charge in [0.25, 0.3) is 0 Å². The average molecular weight is 433 g/mol.